The van der Waals surface area contributed by atoms with Gasteiger partial charge in [0.25, 0.3) is 0 Å². The van der Waals surface area contributed by atoms with Gasteiger partial charge in [0.05, 0.1) is 5.54 Å². The van der Waals surface area contributed by atoms with Crippen molar-refractivity contribution >= 4 is 12.4 Å². The number of ether oxygens (including phenoxy) is 1. The number of halogens is 1. The minimum atomic E-state index is -0.0256. The Morgan fingerprint density at radius 3 is 2.73 bits per heavy atom. The Hall–Kier alpha value is -0.730. The molecule has 1 aliphatic carbocycles. The van der Waals surface area contributed by atoms with Gasteiger partial charge in [0.1, 0.15) is 12.4 Å². The lowest BCUT2D eigenvalue weighted by Gasteiger charge is -2.11. The van der Waals surface area contributed by atoms with Crippen LogP contribution in [0, 0.1) is 0 Å². The van der Waals surface area contributed by atoms with Crippen molar-refractivity contribution in [2.45, 2.75) is 31.7 Å². The number of benzene rings is 1. The number of hydrogen-bond donors (Lipinski definition) is 1. The molecule has 84 valence electrons. The Labute approximate surface area is 97.2 Å². The van der Waals surface area contributed by atoms with Gasteiger partial charge in [-0.2, -0.15) is 0 Å². The summed E-state index contributed by atoms with van der Waals surface area (Å²) in [6.45, 7) is 2.80. The summed E-state index contributed by atoms with van der Waals surface area (Å²) in [4.78, 5) is 0. The highest BCUT2D eigenvalue weighted by Crippen LogP contribution is 2.32. The first-order chi connectivity index (χ1) is 6.72. The zero-order valence-electron chi connectivity index (χ0n) is 9.03. The Kier molecular flexibility index (Phi) is 4.00. The van der Waals surface area contributed by atoms with E-state index in [4.69, 9.17) is 10.5 Å². The average Bonchev–Trinajstić information content (AvgIpc) is 2.95. The number of hydrogen-bond acceptors (Lipinski definition) is 2. The maximum Gasteiger partial charge on any atom is 0.119 e. The molecule has 2 N–H and O–H groups in total. The van der Waals surface area contributed by atoms with Crippen molar-refractivity contribution < 1.29 is 4.74 Å². The largest absolute Gasteiger partial charge is 0.492 e. The summed E-state index contributed by atoms with van der Waals surface area (Å²) in [6.07, 6.45) is 3.24. The number of nitrogens with two attached hydrogens (primary N) is 1. The fourth-order valence-corrected chi connectivity index (χ4v) is 1.39. The SMILES string of the molecule is CCc1cccc(OCC2(N)CC2)c1.Cl. The van der Waals surface area contributed by atoms with Crippen LogP contribution < -0.4 is 10.5 Å². The molecule has 0 saturated heterocycles. The molecule has 0 aromatic heterocycles. The van der Waals surface area contributed by atoms with E-state index in [2.05, 4.69) is 19.1 Å². The zero-order chi connectivity index (χ0) is 10.0. The summed E-state index contributed by atoms with van der Waals surface area (Å²) < 4.78 is 5.65. The van der Waals surface area contributed by atoms with E-state index in [0.717, 1.165) is 25.0 Å². The van der Waals surface area contributed by atoms with Crippen LogP contribution in [-0.4, -0.2) is 12.1 Å². The normalized spacial score (nSPS) is 16.7. The molecule has 1 saturated carbocycles. The van der Waals surface area contributed by atoms with Gasteiger partial charge in [-0.25, -0.2) is 0 Å². The van der Waals surface area contributed by atoms with Crippen LogP contribution in [0.4, 0.5) is 0 Å². The van der Waals surface area contributed by atoms with Gasteiger partial charge in [-0.15, -0.1) is 12.4 Å². The van der Waals surface area contributed by atoms with E-state index in [-0.39, 0.29) is 17.9 Å². The van der Waals surface area contributed by atoms with E-state index in [1.807, 2.05) is 12.1 Å². The standard InChI is InChI=1S/C12H17NO.ClH/c1-2-10-4-3-5-11(8-10)14-9-12(13)6-7-12;/h3-5,8H,2,6-7,9,13H2,1H3;1H. The van der Waals surface area contributed by atoms with Gasteiger partial charge < -0.3 is 10.5 Å². The maximum absolute atomic E-state index is 5.94. The summed E-state index contributed by atoms with van der Waals surface area (Å²) in [5.74, 6) is 0.945. The van der Waals surface area contributed by atoms with Gasteiger partial charge in [0.2, 0.25) is 0 Å². The molecular formula is C12H18ClNO. The van der Waals surface area contributed by atoms with E-state index >= 15 is 0 Å². The summed E-state index contributed by atoms with van der Waals surface area (Å²) in [5.41, 5.74) is 7.22. The van der Waals surface area contributed by atoms with E-state index < -0.39 is 0 Å². The minimum Gasteiger partial charge on any atom is -0.492 e. The summed E-state index contributed by atoms with van der Waals surface area (Å²) >= 11 is 0. The van der Waals surface area contributed by atoms with Gasteiger partial charge in [0.15, 0.2) is 0 Å². The molecule has 0 heterocycles. The summed E-state index contributed by atoms with van der Waals surface area (Å²) in [7, 11) is 0. The third kappa shape index (κ3) is 3.40. The highest BCUT2D eigenvalue weighted by atomic mass is 35.5. The summed E-state index contributed by atoms with van der Waals surface area (Å²) in [5, 5.41) is 0. The molecule has 0 bridgehead atoms. The van der Waals surface area contributed by atoms with Crippen molar-refractivity contribution in [1.29, 1.82) is 0 Å². The van der Waals surface area contributed by atoms with Crippen molar-refractivity contribution in [3.63, 3.8) is 0 Å². The Morgan fingerprint density at radius 2 is 2.13 bits per heavy atom. The first-order valence-corrected chi connectivity index (χ1v) is 5.22. The van der Waals surface area contributed by atoms with Crippen LogP contribution in [0.2, 0.25) is 0 Å². The second-order valence-electron chi connectivity index (χ2n) is 4.15. The van der Waals surface area contributed by atoms with Gasteiger partial charge in [-0.3, -0.25) is 0 Å². The molecule has 0 aliphatic heterocycles. The smallest absolute Gasteiger partial charge is 0.119 e. The number of rotatable bonds is 4. The minimum absolute atomic E-state index is 0. The van der Waals surface area contributed by atoms with E-state index in [9.17, 15) is 0 Å². The third-order valence-corrected chi connectivity index (χ3v) is 2.73. The molecule has 0 atom stereocenters. The van der Waals surface area contributed by atoms with Crippen molar-refractivity contribution in [2.75, 3.05) is 6.61 Å². The molecule has 3 heteroatoms. The molecule has 0 amide bonds. The fourth-order valence-electron chi connectivity index (χ4n) is 1.39. The van der Waals surface area contributed by atoms with E-state index in [0.29, 0.717) is 6.61 Å². The monoisotopic (exact) mass is 227 g/mol. The first-order valence-electron chi connectivity index (χ1n) is 5.22. The lowest BCUT2D eigenvalue weighted by molar-refractivity contribution is 0.279. The Bertz CT molecular complexity index is 323. The van der Waals surface area contributed by atoms with E-state index in [1.54, 1.807) is 0 Å². The van der Waals surface area contributed by atoms with Crippen molar-refractivity contribution in [3.05, 3.63) is 29.8 Å². The quantitative estimate of drug-likeness (QED) is 0.858. The average molecular weight is 228 g/mol. The van der Waals surface area contributed by atoms with Crippen molar-refractivity contribution in [1.82, 2.24) is 0 Å². The summed E-state index contributed by atoms with van der Waals surface area (Å²) in [6, 6.07) is 8.23. The van der Waals surface area contributed by atoms with Crippen molar-refractivity contribution in [2.24, 2.45) is 5.73 Å². The predicted octanol–water partition coefficient (Wildman–Crippen LogP) is 2.54. The molecule has 1 aromatic rings. The molecule has 2 rings (SSSR count). The van der Waals surface area contributed by atoms with E-state index in [1.165, 1.54) is 5.56 Å². The van der Waals surface area contributed by atoms with Crippen LogP contribution in [0.3, 0.4) is 0 Å². The van der Waals surface area contributed by atoms with Crippen LogP contribution in [0.15, 0.2) is 24.3 Å². The van der Waals surface area contributed by atoms with Gasteiger partial charge in [-0.05, 0) is 37.0 Å². The molecule has 0 unspecified atom stereocenters. The van der Waals surface area contributed by atoms with Gasteiger partial charge in [-0.1, -0.05) is 19.1 Å². The fraction of sp³-hybridized carbons (Fsp3) is 0.500. The third-order valence-electron chi connectivity index (χ3n) is 2.73. The van der Waals surface area contributed by atoms with Crippen molar-refractivity contribution in [3.8, 4) is 5.75 Å². The highest BCUT2D eigenvalue weighted by Gasteiger charge is 2.39. The lowest BCUT2D eigenvalue weighted by atomic mass is 10.2. The highest BCUT2D eigenvalue weighted by molar-refractivity contribution is 5.85. The molecule has 2 nitrogen and oxygen atoms in total. The molecular weight excluding hydrogens is 210 g/mol. The van der Waals surface area contributed by atoms with Crippen LogP contribution in [0.1, 0.15) is 25.3 Å². The predicted molar refractivity (Wildman–Crippen MR) is 64.7 cm³/mol. The second kappa shape index (κ2) is 4.86. The molecule has 15 heavy (non-hydrogen) atoms. The van der Waals surface area contributed by atoms with Crippen LogP contribution in [0.25, 0.3) is 0 Å². The first kappa shape index (κ1) is 12.3. The maximum atomic E-state index is 5.94. The topological polar surface area (TPSA) is 35.2 Å². The van der Waals surface area contributed by atoms with Gasteiger partial charge >= 0.3 is 0 Å². The molecule has 0 spiro atoms. The second-order valence-corrected chi connectivity index (χ2v) is 4.15. The Morgan fingerprint density at radius 1 is 1.40 bits per heavy atom. The molecule has 0 radical (unpaired) electrons. The van der Waals surface area contributed by atoms with Crippen LogP contribution in [-0.2, 0) is 6.42 Å². The lowest BCUT2D eigenvalue weighted by Crippen LogP contribution is -2.29. The molecule has 1 aliphatic rings. The zero-order valence-corrected chi connectivity index (χ0v) is 9.85. The van der Waals surface area contributed by atoms with Gasteiger partial charge in [0, 0.05) is 0 Å². The number of aryl methyl sites for hydroxylation is 1. The van der Waals surface area contributed by atoms with Crippen LogP contribution >= 0.6 is 12.4 Å². The molecule has 1 aromatic carbocycles. The molecule has 1 fully saturated rings. The Balaban J connectivity index is 0.00000112. The van der Waals surface area contributed by atoms with Crippen LogP contribution in [0.5, 0.6) is 5.75 Å².